The number of nitrogens with one attached hydrogen (secondary N) is 1. The molecule has 0 spiro atoms. The molecule has 0 atom stereocenters. The first-order chi connectivity index (χ1) is 8.26. The lowest BCUT2D eigenvalue weighted by atomic mass is 9.90. The fraction of sp³-hybridized carbons (Fsp3) is 0.929. The van der Waals surface area contributed by atoms with E-state index >= 15 is 0 Å². The van der Waals surface area contributed by atoms with Crippen molar-refractivity contribution in [3.63, 3.8) is 0 Å². The predicted molar refractivity (Wildman–Crippen MR) is 71.2 cm³/mol. The van der Waals surface area contributed by atoms with Crippen LogP contribution in [-0.2, 0) is 4.79 Å². The third-order valence-corrected chi connectivity index (χ3v) is 4.92. The van der Waals surface area contributed by atoms with Crippen molar-refractivity contribution in [2.75, 3.05) is 12.4 Å². The molecule has 0 bridgehead atoms. The summed E-state index contributed by atoms with van der Waals surface area (Å²) in [7, 11) is 0. The van der Waals surface area contributed by atoms with E-state index in [1.54, 1.807) is 0 Å². The Bertz CT molecular complexity index is 255. The maximum Gasteiger partial charge on any atom is 0.223 e. The molecule has 2 nitrogen and oxygen atoms in total. The highest BCUT2D eigenvalue weighted by atomic mass is 35.5. The van der Waals surface area contributed by atoms with Crippen molar-refractivity contribution >= 4 is 17.5 Å². The maximum absolute atomic E-state index is 12.1. The molecule has 0 radical (unpaired) electrons. The summed E-state index contributed by atoms with van der Waals surface area (Å²) in [6.07, 6.45) is 10.9. The lowest BCUT2D eigenvalue weighted by molar-refractivity contribution is -0.125. The summed E-state index contributed by atoms with van der Waals surface area (Å²) in [6.45, 7) is 0.797. The molecule has 0 aromatic carbocycles. The van der Waals surface area contributed by atoms with Crippen LogP contribution in [-0.4, -0.2) is 18.3 Å². The van der Waals surface area contributed by atoms with Crippen LogP contribution in [0.25, 0.3) is 0 Å². The van der Waals surface area contributed by atoms with Crippen LogP contribution in [0.1, 0.15) is 57.8 Å². The largest absolute Gasteiger partial charge is 0.355 e. The molecule has 1 N–H and O–H groups in total. The predicted octanol–water partition coefficient (Wildman–Crippen LogP) is 3.48. The van der Waals surface area contributed by atoms with Crippen LogP contribution in [0.5, 0.6) is 0 Å². The molecule has 0 aromatic heterocycles. The van der Waals surface area contributed by atoms with Gasteiger partial charge < -0.3 is 5.32 Å². The topological polar surface area (TPSA) is 29.1 Å². The van der Waals surface area contributed by atoms with Crippen molar-refractivity contribution in [3.05, 3.63) is 0 Å². The van der Waals surface area contributed by atoms with Gasteiger partial charge in [-0.15, -0.1) is 11.6 Å². The molecule has 0 aromatic rings. The summed E-state index contributed by atoms with van der Waals surface area (Å²) in [6, 6.07) is 0. The smallest absolute Gasteiger partial charge is 0.223 e. The van der Waals surface area contributed by atoms with Crippen molar-refractivity contribution in [2.24, 2.45) is 11.3 Å². The Labute approximate surface area is 109 Å². The Balaban J connectivity index is 1.73. The van der Waals surface area contributed by atoms with E-state index in [0.29, 0.717) is 5.88 Å². The summed E-state index contributed by atoms with van der Waals surface area (Å²) >= 11 is 5.92. The summed E-state index contributed by atoms with van der Waals surface area (Å²) in [5, 5.41) is 3.13. The van der Waals surface area contributed by atoms with Gasteiger partial charge in [-0.2, -0.15) is 0 Å². The van der Waals surface area contributed by atoms with Gasteiger partial charge in [0.05, 0.1) is 0 Å². The van der Waals surface area contributed by atoms with E-state index < -0.39 is 0 Å². The van der Waals surface area contributed by atoms with E-state index in [1.165, 1.54) is 44.9 Å². The summed E-state index contributed by atoms with van der Waals surface area (Å²) < 4.78 is 0. The molecule has 0 aliphatic heterocycles. The van der Waals surface area contributed by atoms with Crippen molar-refractivity contribution < 1.29 is 4.79 Å². The lowest BCUT2D eigenvalue weighted by Gasteiger charge is -2.20. The molecule has 2 aliphatic rings. The minimum absolute atomic E-state index is 0.249. The zero-order valence-corrected chi connectivity index (χ0v) is 11.4. The number of alkyl halides is 1. The van der Waals surface area contributed by atoms with Gasteiger partial charge in [0.15, 0.2) is 0 Å². The Hall–Kier alpha value is -0.240. The van der Waals surface area contributed by atoms with Crippen LogP contribution in [0, 0.1) is 11.3 Å². The molecule has 2 saturated carbocycles. The first-order valence-electron chi connectivity index (χ1n) is 7.09. The first-order valence-corrected chi connectivity index (χ1v) is 7.63. The average Bonchev–Trinajstić information content (AvgIpc) is 3.06. The number of amides is 1. The quantitative estimate of drug-likeness (QED) is 0.768. The second-order valence-electron chi connectivity index (χ2n) is 5.89. The third kappa shape index (κ3) is 3.87. The number of carbonyl (C=O) groups is 1. The highest BCUT2D eigenvalue weighted by Crippen LogP contribution is 2.45. The normalized spacial score (nSPS) is 24.8. The molecule has 17 heavy (non-hydrogen) atoms. The van der Waals surface area contributed by atoms with Crippen LogP contribution < -0.4 is 5.32 Å². The highest BCUT2D eigenvalue weighted by Gasteiger charge is 2.42. The van der Waals surface area contributed by atoms with E-state index in [4.69, 9.17) is 11.6 Å². The van der Waals surface area contributed by atoms with E-state index in [2.05, 4.69) is 5.32 Å². The number of carbonyl (C=O) groups excluding carboxylic acids is 1. The first kappa shape index (κ1) is 13.2. The molecule has 2 fully saturated rings. The standard InChI is InChI=1S/C14H24ClNO/c15-10-14(8-9-14)11-16-13(17)12-6-4-2-1-3-5-7-12/h12H,1-11H2,(H,16,17). The van der Waals surface area contributed by atoms with Gasteiger partial charge in [-0.1, -0.05) is 32.1 Å². The summed E-state index contributed by atoms with van der Waals surface area (Å²) in [5.41, 5.74) is 0.249. The molecular weight excluding hydrogens is 234 g/mol. The van der Waals surface area contributed by atoms with Crippen molar-refractivity contribution in [1.29, 1.82) is 0 Å². The molecule has 0 saturated heterocycles. The molecule has 0 heterocycles. The number of halogens is 1. The zero-order chi connectivity index (χ0) is 12.1. The van der Waals surface area contributed by atoms with Crippen molar-refractivity contribution in [2.45, 2.75) is 57.8 Å². The second-order valence-corrected chi connectivity index (χ2v) is 6.16. The minimum atomic E-state index is 0.249. The monoisotopic (exact) mass is 257 g/mol. The second kappa shape index (κ2) is 6.08. The molecule has 1 amide bonds. The van der Waals surface area contributed by atoms with Crippen LogP contribution in [0.4, 0.5) is 0 Å². The van der Waals surface area contributed by atoms with Crippen LogP contribution >= 0.6 is 11.6 Å². The summed E-state index contributed by atoms with van der Waals surface area (Å²) in [4.78, 5) is 12.1. The van der Waals surface area contributed by atoms with Gasteiger partial charge >= 0.3 is 0 Å². The Morgan fingerprint density at radius 3 is 2.24 bits per heavy atom. The highest BCUT2D eigenvalue weighted by molar-refractivity contribution is 6.18. The molecule has 3 heteroatoms. The molecular formula is C14H24ClNO. The van der Waals surface area contributed by atoms with E-state index in [-0.39, 0.29) is 17.2 Å². The third-order valence-electron chi connectivity index (χ3n) is 4.35. The van der Waals surface area contributed by atoms with E-state index in [9.17, 15) is 4.79 Å². The van der Waals surface area contributed by atoms with Crippen LogP contribution in [0.2, 0.25) is 0 Å². The van der Waals surface area contributed by atoms with Gasteiger partial charge in [0.2, 0.25) is 5.91 Å². The van der Waals surface area contributed by atoms with E-state index in [1.807, 2.05) is 0 Å². The molecule has 2 aliphatic carbocycles. The van der Waals surface area contributed by atoms with Gasteiger partial charge in [-0.3, -0.25) is 4.79 Å². The van der Waals surface area contributed by atoms with Gasteiger partial charge in [0.1, 0.15) is 0 Å². The van der Waals surface area contributed by atoms with Gasteiger partial charge in [-0.25, -0.2) is 0 Å². The molecule has 0 unspecified atom stereocenters. The lowest BCUT2D eigenvalue weighted by Crippen LogP contribution is -2.36. The van der Waals surface area contributed by atoms with Crippen LogP contribution in [0.15, 0.2) is 0 Å². The van der Waals surface area contributed by atoms with Crippen LogP contribution in [0.3, 0.4) is 0 Å². The number of rotatable bonds is 4. The number of hydrogen-bond acceptors (Lipinski definition) is 1. The zero-order valence-electron chi connectivity index (χ0n) is 10.6. The Morgan fingerprint density at radius 1 is 1.12 bits per heavy atom. The number of hydrogen-bond donors (Lipinski definition) is 1. The Morgan fingerprint density at radius 2 is 1.71 bits per heavy atom. The Kier molecular flexibility index (Phi) is 4.72. The van der Waals surface area contributed by atoms with Gasteiger partial charge in [0.25, 0.3) is 0 Å². The fourth-order valence-corrected chi connectivity index (χ4v) is 3.03. The van der Waals surface area contributed by atoms with Crippen molar-refractivity contribution in [3.8, 4) is 0 Å². The van der Waals surface area contributed by atoms with Gasteiger partial charge in [0, 0.05) is 23.8 Å². The maximum atomic E-state index is 12.1. The fourth-order valence-electron chi connectivity index (χ4n) is 2.67. The molecule has 98 valence electrons. The molecule has 2 rings (SSSR count). The van der Waals surface area contributed by atoms with Gasteiger partial charge in [-0.05, 0) is 25.7 Å². The minimum Gasteiger partial charge on any atom is -0.355 e. The summed E-state index contributed by atoms with van der Waals surface area (Å²) in [5.74, 6) is 1.24. The SMILES string of the molecule is O=C(NCC1(CCl)CC1)C1CCCCCCC1. The average molecular weight is 258 g/mol. The van der Waals surface area contributed by atoms with Crippen molar-refractivity contribution in [1.82, 2.24) is 5.32 Å². The van der Waals surface area contributed by atoms with E-state index in [0.717, 1.165) is 19.4 Å².